The molecular weight excluding hydrogens is 291 g/mol. The summed E-state index contributed by atoms with van der Waals surface area (Å²) < 4.78 is 0. The van der Waals surface area contributed by atoms with Crippen molar-refractivity contribution in [3.8, 4) is 0 Å². The molecule has 1 saturated carbocycles. The van der Waals surface area contributed by atoms with E-state index >= 15 is 0 Å². The molecule has 0 spiro atoms. The van der Waals surface area contributed by atoms with Crippen LogP contribution in [0.25, 0.3) is 0 Å². The molecule has 0 aromatic heterocycles. The van der Waals surface area contributed by atoms with E-state index in [1.165, 1.54) is 12.8 Å². The van der Waals surface area contributed by atoms with Crippen molar-refractivity contribution in [3.63, 3.8) is 0 Å². The minimum absolute atomic E-state index is 0.0467. The van der Waals surface area contributed by atoms with Crippen LogP contribution in [0.1, 0.15) is 44.7 Å². The quantitative estimate of drug-likeness (QED) is 0.802. The molecule has 0 aliphatic heterocycles. The minimum atomic E-state index is -0.0467. The summed E-state index contributed by atoms with van der Waals surface area (Å²) in [6.07, 6.45) is 3.59. The molecule has 20 heavy (non-hydrogen) atoms. The van der Waals surface area contributed by atoms with Gasteiger partial charge in [-0.25, -0.2) is 0 Å². The zero-order valence-electron chi connectivity index (χ0n) is 12.3. The highest BCUT2D eigenvalue weighted by molar-refractivity contribution is 6.42. The van der Waals surface area contributed by atoms with Gasteiger partial charge in [-0.15, -0.1) is 0 Å². The number of nitrogens with zero attached hydrogens (tertiary/aromatic N) is 1. The first-order chi connectivity index (χ1) is 9.49. The average Bonchev–Trinajstić information content (AvgIpc) is 3.21. The van der Waals surface area contributed by atoms with Crippen LogP contribution in [0.2, 0.25) is 10.0 Å². The van der Waals surface area contributed by atoms with Gasteiger partial charge in [-0.2, -0.15) is 0 Å². The topological polar surface area (TPSA) is 29.3 Å². The lowest BCUT2D eigenvalue weighted by Crippen LogP contribution is -2.32. The highest BCUT2D eigenvalue weighted by Gasteiger charge is 2.29. The molecule has 0 amide bonds. The first kappa shape index (κ1) is 16.1. The van der Waals surface area contributed by atoms with Gasteiger partial charge in [0.25, 0.3) is 0 Å². The molecule has 1 atom stereocenters. The monoisotopic (exact) mass is 314 g/mol. The van der Waals surface area contributed by atoms with Crippen LogP contribution in [0.15, 0.2) is 18.2 Å². The Morgan fingerprint density at radius 3 is 2.60 bits per heavy atom. The third kappa shape index (κ3) is 4.36. The van der Waals surface area contributed by atoms with Crippen LogP contribution in [0.3, 0.4) is 0 Å². The molecule has 0 bridgehead atoms. The minimum Gasteiger partial charge on any atom is -0.324 e. The van der Waals surface area contributed by atoms with E-state index < -0.39 is 0 Å². The Kier molecular flexibility index (Phi) is 5.74. The molecule has 1 fully saturated rings. The van der Waals surface area contributed by atoms with E-state index in [0.29, 0.717) is 16.0 Å². The van der Waals surface area contributed by atoms with Crippen LogP contribution in [0.4, 0.5) is 0 Å². The van der Waals surface area contributed by atoms with Crippen LogP contribution in [-0.4, -0.2) is 24.0 Å². The van der Waals surface area contributed by atoms with Gasteiger partial charge in [-0.3, -0.25) is 0 Å². The molecule has 1 aromatic carbocycles. The number of nitrogens with two attached hydrogens (primary N) is 1. The molecule has 2 rings (SSSR count). The van der Waals surface area contributed by atoms with Crippen molar-refractivity contribution in [3.05, 3.63) is 33.8 Å². The van der Waals surface area contributed by atoms with Crippen molar-refractivity contribution in [1.29, 1.82) is 0 Å². The van der Waals surface area contributed by atoms with Gasteiger partial charge in [0.15, 0.2) is 0 Å². The van der Waals surface area contributed by atoms with Crippen LogP contribution < -0.4 is 5.73 Å². The lowest BCUT2D eigenvalue weighted by Gasteiger charge is -2.26. The smallest absolute Gasteiger partial charge is 0.0640 e. The van der Waals surface area contributed by atoms with Gasteiger partial charge in [0.2, 0.25) is 0 Å². The van der Waals surface area contributed by atoms with Gasteiger partial charge < -0.3 is 10.6 Å². The first-order valence-electron chi connectivity index (χ1n) is 7.42. The Morgan fingerprint density at radius 1 is 1.30 bits per heavy atom. The van der Waals surface area contributed by atoms with Gasteiger partial charge in [0, 0.05) is 25.2 Å². The van der Waals surface area contributed by atoms with E-state index in [0.717, 1.165) is 31.1 Å². The highest BCUT2D eigenvalue weighted by Crippen LogP contribution is 2.32. The van der Waals surface area contributed by atoms with E-state index in [1.54, 1.807) is 6.07 Å². The van der Waals surface area contributed by atoms with Gasteiger partial charge in [0.05, 0.1) is 10.0 Å². The summed E-state index contributed by atoms with van der Waals surface area (Å²) in [6.45, 7) is 6.72. The van der Waals surface area contributed by atoms with Crippen LogP contribution in [0, 0.1) is 5.92 Å². The Bertz CT molecular complexity index is 444. The summed E-state index contributed by atoms with van der Waals surface area (Å²) in [5, 5.41) is 1.18. The van der Waals surface area contributed by atoms with E-state index in [9.17, 15) is 0 Å². The van der Waals surface area contributed by atoms with E-state index in [4.69, 9.17) is 28.9 Å². The fourth-order valence-electron chi connectivity index (χ4n) is 2.60. The van der Waals surface area contributed by atoms with Crippen molar-refractivity contribution in [2.45, 2.75) is 45.2 Å². The van der Waals surface area contributed by atoms with Gasteiger partial charge in [0.1, 0.15) is 0 Å². The number of benzene rings is 1. The maximum atomic E-state index is 6.29. The van der Waals surface area contributed by atoms with Crippen LogP contribution in [-0.2, 0) is 0 Å². The number of hydrogen-bond acceptors (Lipinski definition) is 2. The summed E-state index contributed by atoms with van der Waals surface area (Å²) >= 11 is 12.3. The maximum Gasteiger partial charge on any atom is 0.0640 e. The van der Waals surface area contributed by atoms with E-state index in [2.05, 4.69) is 18.7 Å². The van der Waals surface area contributed by atoms with Crippen molar-refractivity contribution >= 4 is 23.2 Å². The van der Waals surface area contributed by atoms with Crippen molar-refractivity contribution < 1.29 is 0 Å². The zero-order valence-corrected chi connectivity index (χ0v) is 13.8. The molecule has 2 N–H and O–H groups in total. The van der Waals surface area contributed by atoms with Crippen LogP contribution >= 0.6 is 23.2 Å². The standard InChI is InChI=1S/C16H24Cl2N2/c1-11(2)10-20(12-6-7-12)9-8-15(19)13-4-3-5-14(17)16(13)18/h3-5,11-12,15H,6-10,19H2,1-2H3. The number of rotatable bonds is 7. The second-order valence-corrected chi connectivity index (χ2v) is 6.94. The summed E-state index contributed by atoms with van der Waals surface area (Å²) in [4.78, 5) is 2.57. The Labute approximate surface area is 132 Å². The molecule has 112 valence electrons. The third-order valence-corrected chi connectivity index (χ3v) is 4.60. The Balaban J connectivity index is 1.93. The maximum absolute atomic E-state index is 6.29. The van der Waals surface area contributed by atoms with Gasteiger partial charge in [-0.1, -0.05) is 49.2 Å². The summed E-state index contributed by atoms with van der Waals surface area (Å²) in [7, 11) is 0. The molecular formula is C16H24Cl2N2. The normalized spacial score (nSPS) is 16.9. The largest absolute Gasteiger partial charge is 0.324 e. The molecule has 1 aliphatic carbocycles. The molecule has 2 nitrogen and oxygen atoms in total. The highest BCUT2D eigenvalue weighted by atomic mass is 35.5. The number of hydrogen-bond donors (Lipinski definition) is 1. The predicted octanol–water partition coefficient (Wildman–Crippen LogP) is 4.50. The fraction of sp³-hybridized carbons (Fsp3) is 0.625. The first-order valence-corrected chi connectivity index (χ1v) is 8.18. The zero-order chi connectivity index (χ0) is 14.7. The molecule has 0 radical (unpaired) electrons. The van der Waals surface area contributed by atoms with Crippen molar-refractivity contribution in [1.82, 2.24) is 4.90 Å². The summed E-state index contributed by atoms with van der Waals surface area (Å²) in [6, 6.07) is 6.42. The second kappa shape index (κ2) is 7.13. The average molecular weight is 315 g/mol. The SMILES string of the molecule is CC(C)CN(CCC(N)c1cccc(Cl)c1Cl)C1CC1. The molecule has 1 aromatic rings. The molecule has 1 aliphatic rings. The fourth-order valence-corrected chi connectivity index (χ4v) is 3.05. The van der Waals surface area contributed by atoms with Crippen molar-refractivity contribution in [2.75, 3.05) is 13.1 Å². The Hall–Kier alpha value is -0.280. The van der Waals surface area contributed by atoms with Gasteiger partial charge >= 0.3 is 0 Å². The molecule has 4 heteroatoms. The van der Waals surface area contributed by atoms with E-state index in [-0.39, 0.29) is 6.04 Å². The summed E-state index contributed by atoms with van der Waals surface area (Å²) in [5.74, 6) is 0.696. The third-order valence-electron chi connectivity index (χ3n) is 3.77. The lowest BCUT2D eigenvalue weighted by atomic mass is 10.0. The summed E-state index contributed by atoms with van der Waals surface area (Å²) in [5.41, 5.74) is 7.25. The van der Waals surface area contributed by atoms with Crippen molar-refractivity contribution in [2.24, 2.45) is 11.7 Å². The number of halogens is 2. The van der Waals surface area contributed by atoms with Crippen LogP contribution in [0.5, 0.6) is 0 Å². The molecule has 1 unspecified atom stereocenters. The second-order valence-electron chi connectivity index (χ2n) is 6.16. The molecule has 0 saturated heterocycles. The molecule has 0 heterocycles. The van der Waals surface area contributed by atoms with E-state index in [1.807, 2.05) is 12.1 Å². The lowest BCUT2D eigenvalue weighted by molar-refractivity contribution is 0.226. The Morgan fingerprint density at radius 2 is 2.00 bits per heavy atom. The predicted molar refractivity (Wildman–Crippen MR) is 87.4 cm³/mol. The van der Waals surface area contributed by atoms with Gasteiger partial charge in [-0.05, 0) is 36.8 Å².